The van der Waals surface area contributed by atoms with Gasteiger partial charge in [0.2, 0.25) is 0 Å². The van der Waals surface area contributed by atoms with Gasteiger partial charge in [-0.25, -0.2) is 0 Å². The van der Waals surface area contributed by atoms with E-state index >= 15 is 0 Å². The number of methoxy groups -OCH3 is 1. The molecule has 4 heteroatoms. The summed E-state index contributed by atoms with van der Waals surface area (Å²) in [6.07, 6.45) is 4.86. The third-order valence-electron chi connectivity index (χ3n) is 2.97. The highest BCUT2D eigenvalue weighted by molar-refractivity contribution is 5.83. The van der Waals surface area contributed by atoms with E-state index in [4.69, 9.17) is 4.74 Å². The van der Waals surface area contributed by atoms with Gasteiger partial charge >= 0.3 is 0 Å². The van der Waals surface area contributed by atoms with Crippen molar-refractivity contribution in [3.8, 4) is 17.1 Å². The number of nitrogens with one attached hydrogen (secondary N) is 2. The van der Waals surface area contributed by atoms with E-state index in [1.54, 1.807) is 7.11 Å². The number of ether oxygens (including phenoxy) is 1. The predicted octanol–water partition coefficient (Wildman–Crippen LogP) is 3.48. The summed E-state index contributed by atoms with van der Waals surface area (Å²) in [7, 11) is 1.67. The van der Waals surface area contributed by atoms with Gasteiger partial charge in [-0.05, 0) is 24.5 Å². The molecule has 0 spiro atoms. The quantitative estimate of drug-likeness (QED) is 0.767. The summed E-state index contributed by atoms with van der Waals surface area (Å²) in [5.74, 6) is 1.50. The molecule has 0 radical (unpaired) electrons. The van der Waals surface area contributed by atoms with Gasteiger partial charge in [-0.1, -0.05) is 13.8 Å². The number of hydrogen-bond donors (Lipinski definition) is 2. The van der Waals surface area contributed by atoms with E-state index in [2.05, 4.69) is 28.8 Å². The van der Waals surface area contributed by atoms with Crippen molar-refractivity contribution in [3.63, 3.8) is 0 Å². The molecule has 19 heavy (non-hydrogen) atoms. The van der Waals surface area contributed by atoms with Crippen LogP contribution in [-0.2, 0) is 0 Å². The summed E-state index contributed by atoms with van der Waals surface area (Å²) in [6.45, 7) is 5.25. The first kappa shape index (κ1) is 13.5. The van der Waals surface area contributed by atoms with E-state index in [0.717, 1.165) is 35.8 Å². The van der Waals surface area contributed by atoms with Crippen LogP contribution in [0.3, 0.4) is 0 Å². The monoisotopic (exact) mass is 259 g/mol. The fourth-order valence-electron chi connectivity index (χ4n) is 1.85. The standard InChI is InChI=1S/C15H21N3O/c1-11(2)6-8-16-10-14-15(19-3)9-13(18-14)12-5-4-7-17-12/h4-5,7,9-11,17-18H,6,8H2,1-3H3. The predicted molar refractivity (Wildman–Crippen MR) is 79.0 cm³/mol. The lowest BCUT2D eigenvalue weighted by Gasteiger charge is -1.99. The second-order valence-electron chi connectivity index (χ2n) is 4.97. The largest absolute Gasteiger partial charge is 0.494 e. The molecule has 102 valence electrons. The first-order chi connectivity index (χ1) is 9.20. The lowest BCUT2D eigenvalue weighted by atomic mass is 10.1. The minimum atomic E-state index is 0.678. The van der Waals surface area contributed by atoms with Crippen LogP contribution in [0.25, 0.3) is 11.4 Å². The first-order valence-electron chi connectivity index (χ1n) is 6.61. The van der Waals surface area contributed by atoms with Gasteiger partial charge in [0.1, 0.15) is 5.75 Å². The molecule has 0 fully saturated rings. The molecule has 2 N–H and O–H groups in total. The Kier molecular flexibility index (Phi) is 4.44. The van der Waals surface area contributed by atoms with E-state index in [1.165, 1.54) is 0 Å². The zero-order valence-corrected chi connectivity index (χ0v) is 11.7. The SMILES string of the molecule is COc1cc(-c2ccc[nH]2)[nH]c1C=NCCC(C)C. The molecular weight excluding hydrogens is 238 g/mol. The van der Waals surface area contributed by atoms with Crippen LogP contribution in [0.15, 0.2) is 29.4 Å². The molecule has 2 aromatic heterocycles. The molecule has 0 unspecified atom stereocenters. The van der Waals surface area contributed by atoms with Gasteiger partial charge in [0.15, 0.2) is 0 Å². The van der Waals surface area contributed by atoms with Crippen molar-refractivity contribution in [3.05, 3.63) is 30.1 Å². The number of rotatable bonds is 6. The Morgan fingerprint density at radius 2 is 2.21 bits per heavy atom. The molecule has 0 aliphatic carbocycles. The van der Waals surface area contributed by atoms with Crippen molar-refractivity contribution in [1.29, 1.82) is 0 Å². The Balaban J connectivity index is 2.11. The van der Waals surface area contributed by atoms with E-state index in [-0.39, 0.29) is 0 Å². The zero-order valence-electron chi connectivity index (χ0n) is 11.7. The lowest BCUT2D eigenvalue weighted by Crippen LogP contribution is -1.93. The summed E-state index contributed by atoms with van der Waals surface area (Å²) in [5.41, 5.74) is 2.96. The van der Waals surface area contributed by atoms with Gasteiger partial charge in [0.25, 0.3) is 0 Å². The Morgan fingerprint density at radius 1 is 1.37 bits per heavy atom. The third-order valence-corrected chi connectivity index (χ3v) is 2.97. The molecule has 0 aliphatic heterocycles. The Morgan fingerprint density at radius 3 is 2.84 bits per heavy atom. The molecule has 0 saturated heterocycles. The fourth-order valence-corrected chi connectivity index (χ4v) is 1.85. The van der Waals surface area contributed by atoms with Gasteiger partial charge in [-0.15, -0.1) is 0 Å². The number of aromatic nitrogens is 2. The number of hydrogen-bond acceptors (Lipinski definition) is 2. The average Bonchev–Trinajstić information content (AvgIpc) is 3.02. The Hall–Kier alpha value is -1.97. The van der Waals surface area contributed by atoms with Crippen molar-refractivity contribution in [2.24, 2.45) is 10.9 Å². The minimum absolute atomic E-state index is 0.678. The van der Waals surface area contributed by atoms with E-state index in [0.29, 0.717) is 5.92 Å². The molecule has 0 saturated carbocycles. The average molecular weight is 259 g/mol. The normalized spacial score (nSPS) is 11.6. The summed E-state index contributed by atoms with van der Waals surface area (Å²) in [6, 6.07) is 5.97. The van der Waals surface area contributed by atoms with Crippen LogP contribution in [0.2, 0.25) is 0 Å². The van der Waals surface area contributed by atoms with Crippen molar-refractivity contribution in [2.75, 3.05) is 13.7 Å². The van der Waals surface area contributed by atoms with Crippen LogP contribution in [-0.4, -0.2) is 29.8 Å². The van der Waals surface area contributed by atoms with E-state index in [1.807, 2.05) is 30.6 Å². The molecule has 2 heterocycles. The summed E-state index contributed by atoms with van der Waals surface area (Å²) < 4.78 is 5.37. The second-order valence-corrected chi connectivity index (χ2v) is 4.97. The number of aromatic amines is 2. The molecule has 0 bridgehead atoms. The maximum Gasteiger partial charge on any atom is 0.146 e. The number of nitrogens with zero attached hydrogens (tertiary/aromatic N) is 1. The van der Waals surface area contributed by atoms with Crippen LogP contribution in [0.1, 0.15) is 26.0 Å². The zero-order chi connectivity index (χ0) is 13.7. The summed E-state index contributed by atoms with van der Waals surface area (Å²) in [5, 5.41) is 0. The lowest BCUT2D eigenvalue weighted by molar-refractivity contribution is 0.415. The minimum Gasteiger partial charge on any atom is -0.494 e. The maximum absolute atomic E-state index is 5.37. The fraction of sp³-hybridized carbons (Fsp3) is 0.400. The van der Waals surface area contributed by atoms with E-state index < -0.39 is 0 Å². The molecular formula is C15H21N3O. The summed E-state index contributed by atoms with van der Waals surface area (Å²) >= 11 is 0. The highest BCUT2D eigenvalue weighted by Gasteiger charge is 2.08. The van der Waals surface area contributed by atoms with Gasteiger partial charge in [-0.3, -0.25) is 4.99 Å². The van der Waals surface area contributed by atoms with E-state index in [9.17, 15) is 0 Å². The first-order valence-corrected chi connectivity index (χ1v) is 6.61. The van der Waals surface area contributed by atoms with Gasteiger partial charge < -0.3 is 14.7 Å². The van der Waals surface area contributed by atoms with Gasteiger partial charge in [0, 0.05) is 25.0 Å². The number of aliphatic imine (C=N–C) groups is 1. The molecule has 4 nitrogen and oxygen atoms in total. The highest BCUT2D eigenvalue weighted by Crippen LogP contribution is 2.25. The molecule has 2 aromatic rings. The molecule has 0 aliphatic rings. The molecule has 0 aromatic carbocycles. The smallest absolute Gasteiger partial charge is 0.146 e. The second kappa shape index (κ2) is 6.27. The van der Waals surface area contributed by atoms with Crippen LogP contribution in [0.4, 0.5) is 0 Å². The van der Waals surface area contributed by atoms with Crippen LogP contribution >= 0.6 is 0 Å². The maximum atomic E-state index is 5.37. The molecule has 0 amide bonds. The Bertz CT molecular complexity index is 524. The third kappa shape index (κ3) is 3.50. The van der Waals surface area contributed by atoms with Crippen molar-refractivity contribution in [2.45, 2.75) is 20.3 Å². The van der Waals surface area contributed by atoms with Crippen LogP contribution in [0.5, 0.6) is 5.75 Å². The highest BCUT2D eigenvalue weighted by atomic mass is 16.5. The van der Waals surface area contributed by atoms with Crippen molar-refractivity contribution < 1.29 is 4.74 Å². The summed E-state index contributed by atoms with van der Waals surface area (Å²) in [4.78, 5) is 10.9. The Labute approximate surface area is 113 Å². The van der Waals surface area contributed by atoms with Crippen molar-refractivity contribution >= 4 is 6.21 Å². The van der Waals surface area contributed by atoms with Gasteiger partial charge in [-0.2, -0.15) is 0 Å². The van der Waals surface area contributed by atoms with Crippen molar-refractivity contribution in [1.82, 2.24) is 9.97 Å². The topological polar surface area (TPSA) is 53.2 Å². The van der Waals surface area contributed by atoms with Crippen LogP contribution < -0.4 is 4.74 Å². The molecule has 0 atom stereocenters. The van der Waals surface area contributed by atoms with Gasteiger partial charge in [0.05, 0.1) is 24.2 Å². The van der Waals surface area contributed by atoms with Crippen LogP contribution in [0, 0.1) is 5.92 Å². The number of H-pyrrole nitrogens is 2. The molecule has 2 rings (SSSR count).